The number of hydrogen-bond acceptors (Lipinski definition) is 6. The van der Waals surface area contributed by atoms with Gasteiger partial charge in [-0.3, -0.25) is 4.55 Å². The maximum atomic E-state index is 13.3. The monoisotopic (exact) mass is 434 g/mol. The fourth-order valence-electron chi connectivity index (χ4n) is 2.57. The number of ether oxygens (including phenoxy) is 3. The Kier molecular flexibility index (Phi) is 5.50. The van der Waals surface area contributed by atoms with E-state index in [1.807, 2.05) is 0 Å². The molecule has 7 nitrogen and oxygen atoms in total. The van der Waals surface area contributed by atoms with E-state index in [1.165, 1.54) is 18.2 Å². The normalized spacial score (nSPS) is 18.9. The lowest BCUT2D eigenvalue weighted by Gasteiger charge is -2.30. The van der Waals surface area contributed by atoms with Crippen LogP contribution in [0.4, 0.5) is 13.2 Å². The smallest absolute Gasteiger partial charge is 0.429 e. The summed E-state index contributed by atoms with van der Waals surface area (Å²) in [5.41, 5.74) is -3.61. The number of benzene rings is 2. The number of rotatable bonds is 7. The van der Waals surface area contributed by atoms with Crippen molar-refractivity contribution in [3.05, 3.63) is 42.0 Å². The molecule has 2 aromatic rings. The third-order valence-electron chi connectivity index (χ3n) is 4.26. The summed E-state index contributed by atoms with van der Waals surface area (Å²) in [7, 11) is -5.06. The van der Waals surface area contributed by atoms with Crippen LogP contribution in [-0.2, 0) is 19.6 Å². The summed E-state index contributed by atoms with van der Waals surface area (Å²) in [6, 6.07) is 9.03. The Bertz CT molecular complexity index is 1030. The molecule has 2 unspecified atom stereocenters. The molecule has 0 bridgehead atoms. The van der Waals surface area contributed by atoms with Crippen LogP contribution in [0.15, 0.2) is 36.4 Å². The third-order valence-corrected chi connectivity index (χ3v) is 5.18. The van der Waals surface area contributed by atoms with Crippen molar-refractivity contribution in [3.8, 4) is 5.75 Å². The summed E-state index contributed by atoms with van der Waals surface area (Å²) in [6.45, 7) is 1.43. The molecule has 0 aromatic heterocycles. The lowest BCUT2D eigenvalue weighted by atomic mass is 10.1. The summed E-state index contributed by atoms with van der Waals surface area (Å²) < 4.78 is 85.6. The van der Waals surface area contributed by atoms with Gasteiger partial charge in [0.25, 0.3) is 10.1 Å². The Morgan fingerprint density at radius 1 is 1.21 bits per heavy atom. The van der Waals surface area contributed by atoms with Gasteiger partial charge in [0.05, 0.1) is 12.2 Å². The minimum atomic E-state index is -5.22. The Morgan fingerprint density at radius 2 is 1.83 bits per heavy atom. The van der Waals surface area contributed by atoms with E-state index in [0.29, 0.717) is 36.7 Å². The quantitative estimate of drug-likeness (QED) is 0.406. The van der Waals surface area contributed by atoms with E-state index in [0.717, 1.165) is 0 Å². The molecule has 11 heteroatoms. The molecule has 3 rings (SSSR count). The molecule has 0 amide bonds. The summed E-state index contributed by atoms with van der Waals surface area (Å²) in [4.78, 5) is 12.3. The summed E-state index contributed by atoms with van der Waals surface area (Å²) in [6.07, 6.45) is -5.14. The standard InChI is InChI=1S/C18H17F3O7S/c1-17(18(19,20)21,10-29(23,24)25)28-16(22)13-3-2-12-7-14(5-4-11(12)6-13)26-8-15-9-27-15/h2-7,15H,8-10H2,1H3,(H,23,24,25). The first-order valence-electron chi connectivity index (χ1n) is 8.40. The number of esters is 1. The molecule has 0 saturated carbocycles. The number of carbonyl (C=O) groups excluding carboxylic acids is 1. The van der Waals surface area contributed by atoms with Gasteiger partial charge in [0, 0.05) is 0 Å². The minimum Gasteiger partial charge on any atom is -0.491 e. The number of alkyl halides is 3. The van der Waals surface area contributed by atoms with Gasteiger partial charge in [0.1, 0.15) is 24.2 Å². The zero-order valence-electron chi connectivity index (χ0n) is 15.1. The van der Waals surface area contributed by atoms with Gasteiger partial charge >= 0.3 is 12.1 Å². The number of fused-ring (bicyclic) bond motifs is 1. The summed E-state index contributed by atoms with van der Waals surface area (Å²) >= 11 is 0. The largest absolute Gasteiger partial charge is 0.491 e. The van der Waals surface area contributed by atoms with Crippen LogP contribution in [0.3, 0.4) is 0 Å². The fraction of sp³-hybridized carbons (Fsp3) is 0.389. The van der Waals surface area contributed by atoms with Crippen molar-refractivity contribution in [1.29, 1.82) is 0 Å². The molecule has 1 aliphatic rings. The molecule has 158 valence electrons. The highest BCUT2D eigenvalue weighted by molar-refractivity contribution is 7.85. The fourth-order valence-corrected chi connectivity index (χ4v) is 3.49. The lowest BCUT2D eigenvalue weighted by molar-refractivity contribution is -0.243. The van der Waals surface area contributed by atoms with Gasteiger partial charge < -0.3 is 14.2 Å². The highest BCUT2D eigenvalue weighted by atomic mass is 32.2. The molecule has 0 spiro atoms. The second-order valence-corrected chi connectivity index (χ2v) is 8.29. The molecular weight excluding hydrogens is 417 g/mol. The van der Waals surface area contributed by atoms with Gasteiger partial charge in [-0.05, 0) is 42.0 Å². The average Bonchev–Trinajstić information content (AvgIpc) is 3.41. The van der Waals surface area contributed by atoms with Crippen molar-refractivity contribution < 1.29 is 45.1 Å². The van der Waals surface area contributed by atoms with E-state index >= 15 is 0 Å². The highest BCUT2D eigenvalue weighted by Gasteiger charge is 2.57. The van der Waals surface area contributed by atoms with Crippen LogP contribution in [0.1, 0.15) is 17.3 Å². The first kappa shape index (κ1) is 21.3. The summed E-state index contributed by atoms with van der Waals surface area (Å²) in [5, 5.41) is 1.21. The number of hydrogen-bond donors (Lipinski definition) is 1. The van der Waals surface area contributed by atoms with Crippen molar-refractivity contribution in [1.82, 2.24) is 0 Å². The van der Waals surface area contributed by atoms with Crippen LogP contribution in [-0.4, -0.2) is 55.8 Å². The highest BCUT2D eigenvalue weighted by Crippen LogP contribution is 2.35. The Labute approximate surface area is 164 Å². The predicted octanol–water partition coefficient (Wildman–Crippen LogP) is 2.98. The van der Waals surface area contributed by atoms with E-state index in [4.69, 9.17) is 14.0 Å². The first-order chi connectivity index (χ1) is 13.4. The predicted molar refractivity (Wildman–Crippen MR) is 95.5 cm³/mol. The number of epoxide rings is 1. The van der Waals surface area contributed by atoms with Crippen molar-refractivity contribution in [3.63, 3.8) is 0 Å². The van der Waals surface area contributed by atoms with Crippen LogP contribution < -0.4 is 4.74 Å². The van der Waals surface area contributed by atoms with Gasteiger partial charge in [-0.1, -0.05) is 12.1 Å². The maximum absolute atomic E-state index is 13.3. The second-order valence-electron chi connectivity index (χ2n) is 6.83. The maximum Gasteiger partial charge on any atom is 0.429 e. The molecule has 2 atom stereocenters. The van der Waals surface area contributed by atoms with E-state index in [1.54, 1.807) is 18.2 Å². The average molecular weight is 434 g/mol. The van der Waals surface area contributed by atoms with Gasteiger partial charge in [-0.25, -0.2) is 4.79 Å². The third kappa shape index (κ3) is 5.37. The van der Waals surface area contributed by atoms with E-state index < -0.39 is 33.6 Å². The zero-order chi connectivity index (χ0) is 21.4. The topological polar surface area (TPSA) is 102 Å². The first-order valence-corrected chi connectivity index (χ1v) is 10.0. The molecule has 1 saturated heterocycles. The van der Waals surface area contributed by atoms with E-state index in [2.05, 4.69) is 4.74 Å². The van der Waals surface area contributed by atoms with Gasteiger partial charge in [0.15, 0.2) is 0 Å². The van der Waals surface area contributed by atoms with E-state index in [9.17, 15) is 26.4 Å². The number of halogens is 3. The molecule has 1 aliphatic heterocycles. The molecule has 29 heavy (non-hydrogen) atoms. The number of carbonyl (C=O) groups is 1. The van der Waals surface area contributed by atoms with Crippen LogP contribution in [0.2, 0.25) is 0 Å². The van der Waals surface area contributed by atoms with Gasteiger partial charge in [-0.2, -0.15) is 21.6 Å². The van der Waals surface area contributed by atoms with Crippen LogP contribution in [0, 0.1) is 0 Å². The molecule has 1 fully saturated rings. The SMILES string of the molecule is CC(CS(=O)(=O)O)(OC(=O)c1ccc2cc(OCC3CO3)ccc2c1)C(F)(F)F. The lowest BCUT2D eigenvalue weighted by Crippen LogP contribution is -2.51. The minimum absolute atomic E-state index is 0.0773. The van der Waals surface area contributed by atoms with Crippen LogP contribution in [0.25, 0.3) is 10.8 Å². The Balaban J connectivity index is 1.80. The molecule has 0 radical (unpaired) electrons. The van der Waals surface area contributed by atoms with Crippen LogP contribution in [0.5, 0.6) is 5.75 Å². The molecule has 0 aliphatic carbocycles. The zero-order valence-corrected chi connectivity index (χ0v) is 15.9. The van der Waals surface area contributed by atoms with Crippen molar-refractivity contribution >= 4 is 26.9 Å². The van der Waals surface area contributed by atoms with Crippen molar-refractivity contribution in [2.24, 2.45) is 0 Å². The molecule has 1 heterocycles. The second kappa shape index (κ2) is 7.47. The Morgan fingerprint density at radius 3 is 2.41 bits per heavy atom. The molecule has 2 aromatic carbocycles. The van der Waals surface area contributed by atoms with Gasteiger partial charge in [-0.15, -0.1) is 0 Å². The van der Waals surface area contributed by atoms with Crippen molar-refractivity contribution in [2.45, 2.75) is 24.8 Å². The van der Waals surface area contributed by atoms with Crippen LogP contribution >= 0.6 is 0 Å². The van der Waals surface area contributed by atoms with Crippen molar-refractivity contribution in [2.75, 3.05) is 19.0 Å². The molecule has 1 N–H and O–H groups in total. The van der Waals surface area contributed by atoms with Gasteiger partial charge in [0.2, 0.25) is 5.60 Å². The Hall–Kier alpha value is -2.37. The summed E-state index contributed by atoms with van der Waals surface area (Å²) in [5.74, 6) is -2.61. The molecular formula is C18H17F3O7S. The van der Waals surface area contributed by atoms with E-state index in [-0.39, 0.29) is 11.7 Å².